The normalized spacial score (nSPS) is 12.0. The highest BCUT2D eigenvalue weighted by molar-refractivity contribution is 7.89. The molecule has 0 atom stereocenters. The van der Waals surface area contributed by atoms with Gasteiger partial charge in [-0.2, -0.15) is 0 Å². The van der Waals surface area contributed by atoms with Gasteiger partial charge in [0.25, 0.3) is 5.56 Å². The smallest absolute Gasteiger partial charge is 0.258 e. The first-order valence-corrected chi connectivity index (χ1v) is 12.5. The zero-order chi connectivity index (χ0) is 22.8. The lowest BCUT2D eigenvalue weighted by atomic mass is 10.0. The standard InChI is InChI=1S/C27H24N2O3S/c30-27-25-15-7-6-14-23(25)24-17-16-20-10-4-5-13-22(20)26(24)29(27)19-9-8-18-28-33(31,32)21-11-2-1-3-12-21/h1-7,10-17,28H,8-9,18-19H2. The van der Waals surface area contributed by atoms with E-state index in [1.807, 2.05) is 41.0 Å². The zero-order valence-electron chi connectivity index (χ0n) is 18.1. The summed E-state index contributed by atoms with van der Waals surface area (Å²) in [5.41, 5.74) is 0.918. The van der Waals surface area contributed by atoms with Crippen LogP contribution in [0, 0.1) is 0 Å². The van der Waals surface area contributed by atoms with Gasteiger partial charge in [-0.25, -0.2) is 13.1 Å². The van der Waals surface area contributed by atoms with Crippen molar-refractivity contribution in [1.82, 2.24) is 9.29 Å². The van der Waals surface area contributed by atoms with E-state index in [1.54, 1.807) is 30.3 Å². The Morgan fingerprint density at radius 1 is 0.667 bits per heavy atom. The van der Waals surface area contributed by atoms with Crippen molar-refractivity contribution < 1.29 is 8.42 Å². The molecule has 0 amide bonds. The van der Waals surface area contributed by atoms with Gasteiger partial charge in [0.15, 0.2) is 0 Å². The van der Waals surface area contributed by atoms with Crippen LogP contribution in [-0.4, -0.2) is 19.5 Å². The summed E-state index contributed by atoms with van der Waals surface area (Å²) in [6.45, 7) is 0.833. The molecule has 0 aliphatic carbocycles. The van der Waals surface area contributed by atoms with Crippen molar-refractivity contribution in [3.8, 4) is 0 Å². The van der Waals surface area contributed by atoms with Crippen LogP contribution >= 0.6 is 0 Å². The number of benzene rings is 4. The fourth-order valence-corrected chi connectivity index (χ4v) is 5.51. The lowest BCUT2D eigenvalue weighted by molar-refractivity contribution is 0.567. The predicted molar refractivity (Wildman–Crippen MR) is 134 cm³/mol. The van der Waals surface area contributed by atoms with Crippen LogP contribution in [0.5, 0.6) is 0 Å². The SMILES string of the molecule is O=c1c2ccccc2c2ccc3ccccc3c2n1CCCCNS(=O)(=O)c1ccccc1. The summed E-state index contributed by atoms with van der Waals surface area (Å²) in [6.07, 6.45) is 1.30. The number of fused-ring (bicyclic) bond motifs is 5. The average molecular weight is 457 g/mol. The van der Waals surface area contributed by atoms with Crippen LogP contribution in [0.4, 0.5) is 0 Å². The second-order valence-corrected chi connectivity index (χ2v) is 9.87. The molecule has 0 saturated carbocycles. The van der Waals surface area contributed by atoms with Crippen molar-refractivity contribution in [2.45, 2.75) is 24.3 Å². The van der Waals surface area contributed by atoms with Crippen LogP contribution in [0.15, 0.2) is 101 Å². The van der Waals surface area contributed by atoms with Crippen molar-refractivity contribution in [3.63, 3.8) is 0 Å². The fraction of sp³-hybridized carbons (Fsp3) is 0.148. The Morgan fingerprint density at radius 2 is 1.33 bits per heavy atom. The van der Waals surface area contributed by atoms with E-state index in [0.717, 1.165) is 27.1 Å². The monoisotopic (exact) mass is 456 g/mol. The topological polar surface area (TPSA) is 68.2 Å². The summed E-state index contributed by atoms with van der Waals surface area (Å²) >= 11 is 0. The van der Waals surface area contributed by atoms with E-state index < -0.39 is 10.0 Å². The number of nitrogens with zero attached hydrogens (tertiary/aromatic N) is 1. The minimum absolute atomic E-state index is 0.0145. The molecule has 5 nitrogen and oxygen atoms in total. The highest BCUT2D eigenvalue weighted by Gasteiger charge is 2.14. The molecule has 0 fully saturated rings. The molecule has 5 rings (SSSR count). The minimum Gasteiger partial charge on any atom is -0.307 e. The van der Waals surface area contributed by atoms with Gasteiger partial charge in [0.1, 0.15) is 0 Å². The summed E-state index contributed by atoms with van der Waals surface area (Å²) in [5.74, 6) is 0. The highest BCUT2D eigenvalue weighted by atomic mass is 32.2. The van der Waals surface area contributed by atoms with Crippen molar-refractivity contribution >= 4 is 42.5 Å². The third-order valence-electron chi connectivity index (χ3n) is 6.02. The van der Waals surface area contributed by atoms with E-state index in [-0.39, 0.29) is 10.5 Å². The summed E-state index contributed by atoms with van der Waals surface area (Å²) in [7, 11) is -3.52. The second-order valence-electron chi connectivity index (χ2n) is 8.10. The Bertz CT molecular complexity index is 1620. The Balaban J connectivity index is 1.45. The van der Waals surface area contributed by atoms with Gasteiger partial charge in [-0.3, -0.25) is 4.79 Å². The highest BCUT2D eigenvalue weighted by Crippen LogP contribution is 2.29. The van der Waals surface area contributed by atoms with E-state index in [0.29, 0.717) is 31.3 Å². The molecule has 0 bridgehead atoms. The summed E-state index contributed by atoms with van der Waals surface area (Å²) in [4.78, 5) is 13.7. The van der Waals surface area contributed by atoms with Crippen molar-refractivity contribution in [2.24, 2.45) is 0 Å². The largest absolute Gasteiger partial charge is 0.307 e. The van der Waals surface area contributed by atoms with Crippen LogP contribution in [0.3, 0.4) is 0 Å². The van der Waals surface area contributed by atoms with Gasteiger partial charge in [0.05, 0.1) is 10.4 Å². The molecule has 33 heavy (non-hydrogen) atoms. The molecule has 0 aliphatic heterocycles. The Kier molecular flexibility index (Phi) is 5.70. The van der Waals surface area contributed by atoms with Gasteiger partial charge in [-0.1, -0.05) is 72.8 Å². The Hall–Kier alpha value is -3.48. The number of hydrogen-bond donors (Lipinski definition) is 1. The van der Waals surface area contributed by atoms with E-state index in [9.17, 15) is 13.2 Å². The molecule has 166 valence electrons. The molecule has 0 unspecified atom stereocenters. The molecule has 0 radical (unpaired) electrons. The maximum atomic E-state index is 13.4. The van der Waals surface area contributed by atoms with Gasteiger partial charge >= 0.3 is 0 Å². The predicted octanol–water partition coefficient (Wildman–Crippen LogP) is 5.07. The Labute approximate surface area is 192 Å². The van der Waals surface area contributed by atoms with Crippen LogP contribution in [0.2, 0.25) is 0 Å². The molecule has 1 N–H and O–H groups in total. The molecule has 1 heterocycles. The number of aromatic nitrogens is 1. The minimum atomic E-state index is -3.52. The van der Waals surface area contributed by atoms with E-state index in [2.05, 4.69) is 29.0 Å². The number of unbranched alkanes of at least 4 members (excludes halogenated alkanes) is 1. The van der Waals surface area contributed by atoms with Gasteiger partial charge in [-0.05, 0) is 41.8 Å². The number of aryl methyl sites for hydroxylation is 1. The van der Waals surface area contributed by atoms with Crippen LogP contribution in [-0.2, 0) is 16.6 Å². The van der Waals surface area contributed by atoms with Crippen LogP contribution in [0.1, 0.15) is 12.8 Å². The number of sulfonamides is 1. The summed E-state index contributed by atoms with van der Waals surface area (Å²) in [5, 5.41) is 4.83. The molecule has 0 spiro atoms. The average Bonchev–Trinajstić information content (AvgIpc) is 2.86. The van der Waals surface area contributed by atoms with Crippen molar-refractivity contribution in [3.05, 3.63) is 101 Å². The van der Waals surface area contributed by atoms with Gasteiger partial charge in [0, 0.05) is 29.2 Å². The molecule has 4 aromatic carbocycles. The van der Waals surface area contributed by atoms with Crippen molar-refractivity contribution in [1.29, 1.82) is 0 Å². The van der Waals surface area contributed by atoms with Gasteiger partial charge < -0.3 is 4.57 Å². The number of nitrogens with one attached hydrogen (secondary N) is 1. The summed E-state index contributed by atoms with van der Waals surface area (Å²) < 4.78 is 29.4. The van der Waals surface area contributed by atoms with E-state index in [1.165, 1.54) is 0 Å². The lowest BCUT2D eigenvalue weighted by Crippen LogP contribution is -2.26. The van der Waals surface area contributed by atoms with Crippen molar-refractivity contribution in [2.75, 3.05) is 6.54 Å². The maximum Gasteiger partial charge on any atom is 0.258 e. The fourth-order valence-electron chi connectivity index (χ4n) is 4.41. The van der Waals surface area contributed by atoms with Gasteiger partial charge in [0.2, 0.25) is 10.0 Å². The first-order valence-electron chi connectivity index (χ1n) is 11.0. The molecule has 0 aliphatic rings. The van der Waals surface area contributed by atoms with Gasteiger partial charge in [-0.15, -0.1) is 0 Å². The number of hydrogen-bond acceptors (Lipinski definition) is 3. The molecule has 5 aromatic rings. The first-order chi connectivity index (χ1) is 16.1. The third kappa shape index (κ3) is 4.03. The quantitative estimate of drug-likeness (QED) is 0.275. The van der Waals surface area contributed by atoms with Crippen LogP contribution < -0.4 is 10.3 Å². The van der Waals surface area contributed by atoms with Crippen LogP contribution in [0.25, 0.3) is 32.4 Å². The second kappa shape index (κ2) is 8.81. The molecule has 1 aromatic heterocycles. The molecular weight excluding hydrogens is 432 g/mol. The summed E-state index contributed by atoms with van der Waals surface area (Å²) in [6, 6.07) is 28.3. The molecular formula is C27H24N2O3S. The van der Waals surface area contributed by atoms with E-state index >= 15 is 0 Å². The number of pyridine rings is 1. The third-order valence-corrected chi connectivity index (χ3v) is 7.49. The molecule has 6 heteroatoms. The maximum absolute atomic E-state index is 13.4. The first kappa shape index (κ1) is 21.4. The number of rotatable bonds is 7. The molecule has 0 saturated heterocycles. The van der Waals surface area contributed by atoms with E-state index in [4.69, 9.17) is 0 Å². The zero-order valence-corrected chi connectivity index (χ0v) is 18.9. The Morgan fingerprint density at radius 3 is 2.12 bits per heavy atom. The lowest BCUT2D eigenvalue weighted by Gasteiger charge is -2.15.